The van der Waals surface area contributed by atoms with E-state index < -0.39 is 46.9 Å². The molecular weight excluding hydrogens is 537 g/mol. The number of anilines is 1. The molecule has 0 saturated carbocycles. The van der Waals surface area contributed by atoms with Crippen LogP contribution in [0.3, 0.4) is 0 Å². The second kappa shape index (κ2) is 10.8. The summed E-state index contributed by atoms with van der Waals surface area (Å²) in [6, 6.07) is 9.81. The van der Waals surface area contributed by atoms with Crippen LogP contribution in [0.4, 0.5) is 18.9 Å². The van der Waals surface area contributed by atoms with Crippen LogP contribution in [0.5, 0.6) is 0 Å². The van der Waals surface area contributed by atoms with Crippen molar-refractivity contribution in [3.63, 3.8) is 0 Å². The molecule has 2 heterocycles. The quantitative estimate of drug-likeness (QED) is 0.421. The Morgan fingerprint density at radius 1 is 1.08 bits per heavy atom. The number of carbonyl (C=O) groups excluding carboxylic acids is 4. The monoisotopic (exact) mass is 562 g/mol. The Labute approximate surface area is 227 Å². The lowest BCUT2D eigenvalue weighted by atomic mass is 9.93. The van der Waals surface area contributed by atoms with Gasteiger partial charge in [0.1, 0.15) is 11.7 Å². The predicted molar refractivity (Wildman–Crippen MR) is 137 cm³/mol. The van der Waals surface area contributed by atoms with Crippen LogP contribution in [-0.4, -0.2) is 41.1 Å². The summed E-state index contributed by atoms with van der Waals surface area (Å²) in [5.41, 5.74) is 0.612. The van der Waals surface area contributed by atoms with Crippen molar-refractivity contribution in [1.29, 1.82) is 0 Å². The topological polar surface area (TPSA) is 108 Å². The van der Waals surface area contributed by atoms with Crippen molar-refractivity contribution >= 4 is 40.9 Å². The molecule has 8 nitrogen and oxygen atoms in total. The number of hydrogen-bond acceptors (Lipinski definition) is 6. The first kappa shape index (κ1) is 28.3. The number of benzene rings is 2. The highest BCUT2D eigenvalue weighted by atomic mass is 35.5. The summed E-state index contributed by atoms with van der Waals surface area (Å²) in [5, 5.41) is 8.13. The maximum atomic E-state index is 12.9. The number of nitrogens with one attached hydrogen (secondary N) is 3. The van der Waals surface area contributed by atoms with Gasteiger partial charge in [0.2, 0.25) is 11.8 Å². The average Bonchev–Trinajstić information content (AvgIpc) is 3.11. The van der Waals surface area contributed by atoms with E-state index >= 15 is 0 Å². The van der Waals surface area contributed by atoms with E-state index in [1.165, 1.54) is 12.1 Å². The van der Waals surface area contributed by atoms with Crippen molar-refractivity contribution in [2.75, 3.05) is 11.9 Å². The van der Waals surface area contributed by atoms with Crippen LogP contribution in [-0.2, 0) is 37.3 Å². The first-order valence-electron chi connectivity index (χ1n) is 12.2. The summed E-state index contributed by atoms with van der Waals surface area (Å²) >= 11 is 5.82. The lowest BCUT2D eigenvalue weighted by molar-refractivity contribution is -0.149. The van der Waals surface area contributed by atoms with E-state index in [1.807, 2.05) is 19.9 Å². The van der Waals surface area contributed by atoms with Crippen LogP contribution < -0.4 is 16.0 Å². The van der Waals surface area contributed by atoms with Gasteiger partial charge in [-0.25, -0.2) is 0 Å². The molecule has 1 unspecified atom stereocenters. The van der Waals surface area contributed by atoms with E-state index in [-0.39, 0.29) is 23.6 Å². The molecule has 4 amide bonds. The summed E-state index contributed by atoms with van der Waals surface area (Å²) in [5.74, 6) is -2.43. The molecule has 1 atom stereocenters. The molecular formula is C27H26ClF3N4O4. The van der Waals surface area contributed by atoms with E-state index in [1.54, 1.807) is 18.2 Å². The third-order valence-electron chi connectivity index (χ3n) is 6.66. The smallest absolute Gasteiger partial charge is 0.351 e. The highest BCUT2D eigenvalue weighted by Gasteiger charge is 2.42. The lowest BCUT2D eigenvalue weighted by Gasteiger charge is -2.28. The van der Waals surface area contributed by atoms with Crippen molar-refractivity contribution < 1.29 is 32.3 Å². The highest BCUT2D eigenvalue weighted by Crippen LogP contribution is 2.35. The number of hydrogen-bond donors (Lipinski definition) is 3. The van der Waals surface area contributed by atoms with Crippen molar-refractivity contribution in [3.8, 4) is 0 Å². The number of imide groups is 2. The minimum atomic E-state index is -4.51. The zero-order chi connectivity index (χ0) is 28.5. The zero-order valence-electron chi connectivity index (χ0n) is 21.1. The summed E-state index contributed by atoms with van der Waals surface area (Å²) in [6.07, 6.45) is -2.84. The van der Waals surface area contributed by atoms with Crippen molar-refractivity contribution in [3.05, 3.63) is 76.0 Å². The van der Waals surface area contributed by atoms with Crippen LogP contribution in [0.1, 0.15) is 43.4 Å². The molecule has 4 rings (SSSR count). The van der Waals surface area contributed by atoms with Crippen LogP contribution in [0.15, 0.2) is 54.2 Å². The van der Waals surface area contributed by atoms with Crippen LogP contribution in [0, 0.1) is 0 Å². The molecule has 39 heavy (non-hydrogen) atoms. The zero-order valence-corrected chi connectivity index (χ0v) is 21.9. The Hall–Kier alpha value is -3.70. The first-order chi connectivity index (χ1) is 18.3. The minimum absolute atomic E-state index is 0.00629. The Balaban J connectivity index is 1.39. The van der Waals surface area contributed by atoms with Crippen LogP contribution >= 0.6 is 11.6 Å². The number of halogens is 4. The van der Waals surface area contributed by atoms with Crippen LogP contribution in [0.25, 0.3) is 0 Å². The molecule has 2 aromatic carbocycles. The maximum Gasteiger partial charge on any atom is 0.417 e. The summed E-state index contributed by atoms with van der Waals surface area (Å²) in [7, 11) is 0. The molecule has 12 heteroatoms. The number of amides is 4. The lowest BCUT2D eigenvalue weighted by Crippen LogP contribution is -2.54. The van der Waals surface area contributed by atoms with E-state index in [9.17, 15) is 32.3 Å². The summed E-state index contributed by atoms with van der Waals surface area (Å²) in [4.78, 5) is 49.9. The van der Waals surface area contributed by atoms with Gasteiger partial charge in [0.25, 0.3) is 11.8 Å². The molecule has 206 valence electrons. The number of piperidine rings is 1. The Morgan fingerprint density at radius 2 is 1.82 bits per heavy atom. The van der Waals surface area contributed by atoms with Crippen molar-refractivity contribution in [2.45, 2.75) is 50.9 Å². The molecule has 3 N–H and O–H groups in total. The molecule has 0 bridgehead atoms. The van der Waals surface area contributed by atoms with E-state index in [0.717, 1.165) is 22.6 Å². The van der Waals surface area contributed by atoms with Gasteiger partial charge in [-0.2, -0.15) is 13.2 Å². The average molecular weight is 563 g/mol. The van der Waals surface area contributed by atoms with Gasteiger partial charge in [-0.05, 0) is 68.6 Å². The third-order valence-corrected chi connectivity index (χ3v) is 6.97. The molecule has 0 aliphatic carbocycles. The van der Waals surface area contributed by atoms with Gasteiger partial charge in [-0.15, -0.1) is 0 Å². The van der Waals surface area contributed by atoms with Crippen molar-refractivity contribution in [2.24, 2.45) is 0 Å². The van der Waals surface area contributed by atoms with E-state index in [4.69, 9.17) is 11.6 Å². The van der Waals surface area contributed by atoms with Gasteiger partial charge in [0.15, 0.2) is 0 Å². The van der Waals surface area contributed by atoms with Gasteiger partial charge in [0.05, 0.1) is 10.6 Å². The number of nitrogens with zero attached hydrogens (tertiary/aromatic N) is 1. The number of rotatable bonds is 8. The molecule has 2 aromatic rings. The van der Waals surface area contributed by atoms with E-state index in [2.05, 4.69) is 16.0 Å². The third kappa shape index (κ3) is 6.31. The molecule has 2 aliphatic heterocycles. The van der Waals surface area contributed by atoms with Crippen molar-refractivity contribution in [1.82, 2.24) is 15.5 Å². The van der Waals surface area contributed by atoms with Gasteiger partial charge < -0.3 is 10.6 Å². The second-order valence-corrected chi connectivity index (χ2v) is 10.3. The van der Waals surface area contributed by atoms with Gasteiger partial charge in [-0.1, -0.05) is 29.8 Å². The molecule has 2 aliphatic rings. The standard InChI is InChI=1S/C27H26ClF3N4O4/c1-26(2,32-11-10-15-6-7-18(19(28)12-15)27(29,30)31)16-4-3-5-17(13-16)33-20-14-23(37)35(25(20)39)21-8-9-22(36)34-24(21)38/h3-7,12-14,21,32-33H,8-11H2,1-2H3,(H,34,36,38). The predicted octanol–water partition coefficient (Wildman–Crippen LogP) is 3.90. The van der Waals surface area contributed by atoms with Gasteiger partial charge >= 0.3 is 6.18 Å². The molecule has 0 aromatic heterocycles. The molecule has 0 radical (unpaired) electrons. The number of carbonyl (C=O) groups is 4. The number of alkyl halides is 3. The summed E-state index contributed by atoms with van der Waals surface area (Å²) in [6.45, 7) is 4.31. The maximum absolute atomic E-state index is 12.9. The molecule has 1 saturated heterocycles. The first-order valence-corrected chi connectivity index (χ1v) is 12.6. The second-order valence-electron chi connectivity index (χ2n) is 9.86. The van der Waals surface area contributed by atoms with Gasteiger partial charge in [-0.3, -0.25) is 29.4 Å². The molecule has 0 spiro atoms. The SMILES string of the molecule is CC(C)(NCCc1ccc(C(F)(F)F)c(Cl)c1)c1cccc(NC2=CC(=O)N(C3CCC(=O)NC3=O)C2=O)c1. The van der Waals surface area contributed by atoms with Crippen LogP contribution in [0.2, 0.25) is 5.02 Å². The Kier molecular flexibility index (Phi) is 7.85. The highest BCUT2D eigenvalue weighted by molar-refractivity contribution is 6.31. The fourth-order valence-electron chi connectivity index (χ4n) is 4.50. The molecule has 1 fully saturated rings. The fourth-order valence-corrected chi connectivity index (χ4v) is 4.81. The largest absolute Gasteiger partial charge is 0.417 e. The van der Waals surface area contributed by atoms with Gasteiger partial charge in [0, 0.05) is 23.7 Å². The van der Waals surface area contributed by atoms with E-state index in [0.29, 0.717) is 24.2 Å². The Morgan fingerprint density at radius 3 is 2.49 bits per heavy atom. The fraction of sp³-hybridized carbons (Fsp3) is 0.333. The minimum Gasteiger partial charge on any atom is -0.351 e. The Bertz CT molecular complexity index is 1370. The normalized spacial score (nSPS) is 18.4. The summed E-state index contributed by atoms with van der Waals surface area (Å²) < 4.78 is 38.8.